The summed E-state index contributed by atoms with van der Waals surface area (Å²) in [5, 5.41) is 0.754. The zero-order chi connectivity index (χ0) is 17.4. The number of nitrogens with zero attached hydrogens (tertiary/aromatic N) is 3. The standard InChI is InChI=1S/C19H23ClN4O/c1-13-21-17-6-5-14(11-18(17)22-13)19(25)24-9-7-23(8-10-24)16-4-2-3-15(20)12-16/h2-4,12,14H,5-11H2,1H3,(H,21,22). The fraction of sp³-hybridized carbons (Fsp3) is 0.474. The molecule has 0 spiro atoms. The molecule has 132 valence electrons. The Hall–Kier alpha value is -2.01. The van der Waals surface area contributed by atoms with Gasteiger partial charge in [0, 0.05) is 54.9 Å². The molecule has 25 heavy (non-hydrogen) atoms. The minimum Gasteiger partial charge on any atom is -0.368 e. The summed E-state index contributed by atoms with van der Waals surface area (Å²) < 4.78 is 0. The number of piperazine rings is 1. The lowest BCUT2D eigenvalue weighted by atomic mass is 9.88. The molecule has 0 radical (unpaired) electrons. The highest BCUT2D eigenvalue weighted by atomic mass is 35.5. The fourth-order valence-corrected chi connectivity index (χ4v) is 4.13. The van der Waals surface area contributed by atoms with Crippen molar-refractivity contribution in [1.29, 1.82) is 0 Å². The van der Waals surface area contributed by atoms with Gasteiger partial charge in [-0.05, 0) is 38.0 Å². The van der Waals surface area contributed by atoms with Crippen molar-refractivity contribution in [1.82, 2.24) is 14.9 Å². The molecule has 1 unspecified atom stereocenters. The molecule has 1 saturated heterocycles. The van der Waals surface area contributed by atoms with Crippen molar-refractivity contribution in [2.24, 2.45) is 5.92 Å². The smallest absolute Gasteiger partial charge is 0.226 e. The molecule has 1 aliphatic carbocycles. The monoisotopic (exact) mass is 358 g/mol. The molecule has 1 amide bonds. The Bertz CT molecular complexity index is 779. The van der Waals surface area contributed by atoms with Crippen LogP contribution < -0.4 is 4.90 Å². The van der Waals surface area contributed by atoms with Crippen LogP contribution in [0.1, 0.15) is 23.6 Å². The maximum atomic E-state index is 12.9. The van der Waals surface area contributed by atoms with E-state index in [1.54, 1.807) is 0 Å². The number of anilines is 1. The molecule has 0 bridgehead atoms. The van der Waals surface area contributed by atoms with E-state index in [-0.39, 0.29) is 5.92 Å². The van der Waals surface area contributed by atoms with Crippen molar-refractivity contribution in [2.45, 2.75) is 26.2 Å². The number of aromatic nitrogens is 2. The summed E-state index contributed by atoms with van der Waals surface area (Å²) in [6, 6.07) is 7.93. The third-order valence-electron chi connectivity index (χ3n) is 5.28. The van der Waals surface area contributed by atoms with E-state index in [0.29, 0.717) is 5.91 Å². The first kappa shape index (κ1) is 16.5. The van der Waals surface area contributed by atoms with Crippen LogP contribution in [0.3, 0.4) is 0 Å². The van der Waals surface area contributed by atoms with E-state index in [9.17, 15) is 4.79 Å². The van der Waals surface area contributed by atoms with Gasteiger partial charge in [-0.3, -0.25) is 4.79 Å². The normalized spacial score (nSPS) is 20.5. The van der Waals surface area contributed by atoms with Gasteiger partial charge in [0.15, 0.2) is 0 Å². The highest BCUT2D eigenvalue weighted by molar-refractivity contribution is 6.30. The third-order valence-corrected chi connectivity index (χ3v) is 5.51. The van der Waals surface area contributed by atoms with Gasteiger partial charge in [-0.15, -0.1) is 0 Å². The van der Waals surface area contributed by atoms with E-state index in [1.807, 2.05) is 30.0 Å². The number of carbonyl (C=O) groups excluding carboxylic acids is 1. The molecule has 0 saturated carbocycles. The largest absolute Gasteiger partial charge is 0.368 e. The van der Waals surface area contributed by atoms with E-state index in [1.165, 1.54) is 0 Å². The van der Waals surface area contributed by atoms with Crippen LogP contribution in [0, 0.1) is 12.8 Å². The van der Waals surface area contributed by atoms with Crippen LogP contribution in [-0.2, 0) is 17.6 Å². The Morgan fingerprint density at radius 1 is 1.28 bits per heavy atom. The summed E-state index contributed by atoms with van der Waals surface area (Å²) in [7, 11) is 0. The highest BCUT2D eigenvalue weighted by Gasteiger charge is 2.31. The second-order valence-electron chi connectivity index (χ2n) is 6.98. The SMILES string of the molecule is Cc1nc2c([nH]1)CC(C(=O)N1CCN(c3cccc(Cl)c3)CC1)CC2. The Balaban J connectivity index is 1.37. The van der Waals surface area contributed by atoms with Crippen LogP contribution in [0.4, 0.5) is 5.69 Å². The average molecular weight is 359 g/mol. The van der Waals surface area contributed by atoms with Crippen LogP contribution in [0.15, 0.2) is 24.3 Å². The average Bonchev–Trinajstić information content (AvgIpc) is 3.00. The first-order chi connectivity index (χ1) is 12.1. The molecule has 5 nitrogen and oxygen atoms in total. The van der Waals surface area contributed by atoms with Crippen molar-refractivity contribution >= 4 is 23.2 Å². The maximum absolute atomic E-state index is 12.9. The van der Waals surface area contributed by atoms with Crippen LogP contribution in [-0.4, -0.2) is 47.0 Å². The summed E-state index contributed by atoms with van der Waals surface area (Å²) in [5.74, 6) is 1.34. The van der Waals surface area contributed by atoms with Crippen molar-refractivity contribution in [3.63, 3.8) is 0 Å². The Kier molecular flexibility index (Phi) is 4.42. The van der Waals surface area contributed by atoms with Crippen LogP contribution >= 0.6 is 11.6 Å². The number of hydrogen-bond donors (Lipinski definition) is 1. The predicted octanol–water partition coefficient (Wildman–Crippen LogP) is 2.83. The van der Waals surface area contributed by atoms with Gasteiger partial charge >= 0.3 is 0 Å². The van der Waals surface area contributed by atoms with Gasteiger partial charge in [0.2, 0.25) is 5.91 Å². The molecule has 1 fully saturated rings. The Labute approximate surface area is 153 Å². The second kappa shape index (κ2) is 6.71. The number of H-pyrrole nitrogens is 1. The number of aromatic amines is 1. The lowest BCUT2D eigenvalue weighted by molar-refractivity contribution is -0.136. The van der Waals surface area contributed by atoms with E-state index >= 15 is 0 Å². The fourth-order valence-electron chi connectivity index (χ4n) is 3.95. The molecule has 2 aliphatic rings. The highest BCUT2D eigenvalue weighted by Crippen LogP contribution is 2.26. The molecule has 1 N–H and O–H groups in total. The molecule has 2 heterocycles. The summed E-state index contributed by atoms with van der Waals surface area (Å²) >= 11 is 6.09. The maximum Gasteiger partial charge on any atom is 0.226 e. The van der Waals surface area contributed by atoms with Crippen molar-refractivity contribution < 1.29 is 4.79 Å². The number of hydrogen-bond acceptors (Lipinski definition) is 3. The molecule has 1 aliphatic heterocycles. The number of rotatable bonds is 2. The van der Waals surface area contributed by atoms with Gasteiger partial charge in [0.25, 0.3) is 0 Å². The first-order valence-electron chi connectivity index (χ1n) is 8.94. The van der Waals surface area contributed by atoms with E-state index in [2.05, 4.69) is 20.9 Å². The molecule has 2 aromatic rings. The van der Waals surface area contributed by atoms with Crippen LogP contribution in [0.5, 0.6) is 0 Å². The Morgan fingerprint density at radius 3 is 2.84 bits per heavy atom. The number of carbonyl (C=O) groups is 1. The number of fused-ring (bicyclic) bond motifs is 1. The number of imidazole rings is 1. The summed E-state index contributed by atoms with van der Waals surface area (Å²) in [4.78, 5) is 25.1. The van der Waals surface area contributed by atoms with E-state index in [4.69, 9.17) is 11.6 Å². The molecular formula is C19H23ClN4O. The van der Waals surface area contributed by atoms with Crippen molar-refractivity contribution in [2.75, 3.05) is 31.1 Å². The lowest BCUT2D eigenvalue weighted by Crippen LogP contribution is -2.51. The van der Waals surface area contributed by atoms with Crippen molar-refractivity contribution in [3.8, 4) is 0 Å². The molecular weight excluding hydrogens is 336 g/mol. The van der Waals surface area contributed by atoms with Gasteiger partial charge in [-0.2, -0.15) is 0 Å². The zero-order valence-electron chi connectivity index (χ0n) is 14.5. The quantitative estimate of drug-likeness (QED) is 0.898. The second-order valence-corrected chi connectivity index (χ2v) is 7.42. The van der Waals surface area contributed by atoms with Crippen LogP contribution in [0.2, 0.25) is 5.02 Å². The van der Waals surface area contributed by atoms with Gasteiger partial charge < -0.3 is 14.8 Å². The minimum absolute atomic E-state index is 0.0880. The summed E-state index contributed by atoms with van der Waals surface area (Å²) in [5.41, 5.74) is 3.43. The topological polar surface area (TPSA) is 52.2 Å². The van der Waals surface area contributed by atoms with Crippen LogP contribution in [0.25, 0.3) is 0 Å². The van der Waals surface area contributed by atoms with Gasteiger partial charge in [0.05, 0.1) is 5.69 Å². The van der Waals surface area contributed by atoms with Gasteiger partial charge in [-0.1, -0.05) is 17.7 Å². The first-order valence-corrected chi connectivity index (χ1v) is 9.31. The zero-order valence-corrected chi connectivity index (χ0v) is 15.2. The lowest BCUT2D eigenvalue weighted by Gasteiger charge is -2.38. The molecule has 1 aromatic heterocycles. The molecule has 1 atom stereocenters. The predicted molar refractivity (Wildman–Crippen MR) is 99.1 cm³/mol. The van der Waals surface area contributed by atoms with E-state index < -0.39 is 0 Å². The minimum atomic E-state index is 0.0880. The number of benzene rings is 1. The Morgan fingerprint density at radius 2 is 2.08 bits per heavy atom. The molecule has 6 heteroatoms. The number of amides is 1. The summed E-state index contributed by atoms with van der Waals surface area (Å²) in [6.45, 7) is 5.23. The third kappa shape index (κ3) is 3.38. The van der Waals surface area contributed by atoms with Crippen molar-refractivity contribution in [3.05, 3.63) is 46.5 Å². The van der Waals surface area contributed by atoms with E-state index in [0.717, 1.165) is 73.4 Å². The number of nitrogens with one attached hydrogen (secondary N) is 1. The van der Waals surface area contributed by atoms with Gasteiger partial charge in [-0.25, -0.2) is 4.98 Å². The summed E-state index contributed by atoms with van der Waals surface area (Å²) in [6.07, 6.45) is 2.60. The molecule has 1 aromatic carbocycles. The van der Waals surface area contributed by atoms with Gasteiger partial charge in [0.1, 0.15) is 5.82 Å². The molecule has 4 rings (SSSR count). The number of halogens is 1. The number of aryl methyl sites for hydroxylation is 2.